The van der Waals surface area contributed by atoms with E-state index in [1.54, 1.807) is 12.1 Å². The molecule has 0 aliphatic heterocycles. The zero-order chi connectivity index (χ0) is 9.14. The summed E-state index contributed by atoms with van der Waals surface area (Å²) < 4.78 is 25.5. The predicted octanol–water partition coefficient (Wildman–Crippen LogP) is 2.98. The van der Waals surface area contributed by atoms with E-state index in [1.165, 1.54) is 6.07 Å². The summed E-state index contributed by atoms with van der Waals surface area (Å²) in [5.74, 6) is -0.484. The van der Waals surface area contributed by atoms with Gasteiger partial charge in [0.2, 0.25) is 0 Å². The van der Waals surface area contributed by atoms with Crippen molar-refractivity contribution in [3.05, 3.63) is 34.1 Å². The number of benzene rings is 1. The van der Waals surface area contributed by atoms with Crippen LogP contribution in [0.15, 0.2) is 22.7 Å². The molecule has 0 fully saturated rings. The molecule has 1 rings (SSSR count). The Labute approximate surface area is 89.9 Å². The summed E-state index contributed by atoms with van der Waals surface area (Å²) in [4.78, 5) is 0. The van der Waals surface area contributed by atoms with Gasteiger partial charge in [0.05, 0.1) is 10.5 Å². The molecule has 0 spiro atoms. The van der Waals surface area contributed by atoms with Gasteiger partial charge in [0, 0.05) is 5.56 Å². The molecule has 0 amide bonds. The van der Waals surface area contributed by atoms with Crippen molar-refractivity contribution in [3.8, 4) is 0 Å². The van der Waals surface area contributed by atoms with Crippen LogP contribution in [0.2, 0.25) is 0 Å². The van der Waals surface area contributed by atoms with Gasteiger partial charge in [0.25, 0.3) is 0 Å². The van der Waals surface area contributed by atoms with Crippen LogP contribution in [0.3, 0.4) is 0 Å². The van der Waals surface area contributed by atoms with Crippen LogP contribution in [-0.4, -0.2) is 6.67 Å². The Morgan fingerprint density at radius 2 is 2.08 bits per heavy atom. The Morgan fingerprint density at radius 1 is 1.46 bits per heavy atom. The van der Waals surface area contributed by atoms with Gasteiger partial charge in [-0.1, -0.05) is 12.1 Å². The molecule has 1 nitrogen and oxygen atoms in total. The number of halogens is 4. The van der Waals surface area contributed by atoms with Crippen LogP contribution in [0.1, 0.15) is 11.6 Å². The molecule has 0 aromatic heterocycles. The number of alkyl halides is 1. The van der Waals surface area contributed by atoms with Crippen molar-refractivity contribution in [2.45, 2.75) is 6.04 Å². The smallest absolute Gasteiger partial charge is 0.142 e. The van der Waals surface area contributed by atoms with Crippen LogP contribution in [0.4, 0.5) is 8.78 Å². The molecule has 2 N–H and O–H groups in total. The highest BCUT2D eigenvalue weighted by Crippen LogP contribution is 2.22. The Hall–Kier alpha value is -0.190. The quantitative estimate of drug-likeness (QED) is 0.880. The highest BCUT2D eigenvalue weighted by atomic mass is 79.9. The lowest BCUT2D eigenvalue weighted by Gasteiger charge is -2.08. The van der Waals surface area contributed by atoms with Gasteiger partial charge in [-0.2, -0.15) is 0 Å². The van der Waals surface area contributed by atoms with Crippen LogP contribution in [0.5, 0.6) is 0 Å². The van der Waals surface area contributed by atoms with Gasteiger partial charge in [0.15, 0.2) is 0 Å². The zero-order valence-corrected chi connectivity index (χ0v) is 9.04. The van der Waals surface area contributed by atoms with E-state index >= 15 is 0 Å². The lowest BCUT2D eigenvalue weighted by molar-refractivity contribution is 0.426. The van der Waals surface area contributed by atoms with E-state index in [0.29, 0.717) is 4.47 Å². The molecule has 1 aromatic carbocycles. The zero-order valence-electron chi connectivity index (χ0n) is 6.64. The maximum Gasteiger partial charge on any atom is 0.142 e. The number of rotatable bonds is 2. The van der Waals surface area contributed by atoms with E-state index in [4.69, 9.17) is 5.73 Å². The number of hydrogen-bond donors (Lipinski definition) is 1. The SMILES string of the molecule is Cl.N[C@H](CF)c1cccc(Br)c1F. The molecular weight excluding hydrogens is 263 g/mol. The van der Waals surface area contributed by atoms with E-state index < -0.39 is 18.5 Å². The summed E-state index contributed by atoms with van der Waals surface area (Å²) >= 11 is 2.99. The summed E-state index contributed by atoms with van der Waals surface area (Å²) in [5, 5.41) is 0. The average molecular weight is 273 g/mol. The van der Waals surface area contributed by atoms with Crippen molar-refractivity contribution in [1.82, 2.24) is 0 Å². The summed E-state index contributed by atoms with van der Waals surface area (Å²) in [7, 11) is 0. The molecule has 0 radical (unpaired) electrons. The third-order valence-corrected chi connectivity index (χ3v) is 2.16. The third kappa shape index (κ3) is 2.90. The molecular formula is C8H9BrClF2N. The minimum absolute atomic E-state index is 0. The van der Waals surface area contributed by atoms with E-state index in [2.05, 4.69) is 15.9 Å². The topological polar surface area (TPSA) is 26.0 Å². The van der Waals surface area contributed by atoms with Gasteiger partial charge in [-0.3, -0.25) is 0 Å². The second kappa shape index (κ2) is 5.52. The predicted molar refractivity (Wildman–Crippen MR) is 54.3 cm³/mol. The number of hydrogen-bond acceptors (Lipinski definition) is 1. The minimum Gasteiger partial charge on any atom is -0.322 e. The van der Waals surface area contributed by atoms with Gasteiger partial charge in [-0.05, 0) is 22.0 Å². The van der Waals surface area contributed by atoms with Gasteiger partial charge < -0.3 is 5.73 Å². The second-order valence-corrected chi connectivity index (χ2v) is 3.26. The van der Waals surface area contributed by atoms with Crippen LogP contribution in [0, 0.1) is 5.82 Å². The maximum atomic E-state index is 13.1. The van der Waals surface area contributed by atoms with E-state index in [1.807, 2.05) is 0 Å². The van der Waals surface area contributed by atoms with Crippen molar-refractivity contribution in [1.29, 1.82) is 0 Å². The van der Waals surface area contributed by atoms with Crippen molar-refractivity contribution in [2.75, 3.05) is 6.67 Å². The molecule has 13 heavy (non-hydrogen) atoms. The van der Waals surface area contributed by atoms with Gasteiger partial charge in [0.1, 0.15) is 12.5 Å². The first-order valence-electron chi connectivity index (χ1n) is 3.42. The van der Waals surface area contributed by atoms with Crippen LogP contribution in [-0.2, 0) is 0 Å². The molecule has 0 aliphatic rings. The average Bonchev–Trinajstić information content (AvgIpc) is 2.08. The van der Waals surface area contributed by atoms with Gasteiger partial charge >= 0.3 is 0 Å². The van der Waals surface area contributed by atoms with Crippen LogP contribution >= 0.6 is 28.3 Å². The normalized spacial score (nSPS) is 12.0. The van der Waals surface area contributed by atoms with E-state index in [-0.39, 0.29) is 18.0 Å². The van der Waals surface area contributed by atoms with Crippen molar-refractivity contribution in [3.63, 3.8) is 0 Å². The molecule has 0 saturated heterocycles. The van der Waals surface area contributed by atoms with Gasteiger partial charge in [-0.25, -0.2) is 8.78 Å². The van der Waals surface area contributed by atoms with E-state index in [0.717, 1.165) is 0 Å². The Balaban J connectivity index is 0.00000144. The maximum absolute atomic E-state index is 13.1. The van der Waals surface area contributed by atoms with E-state index in [9.17, 15) is 8.78 Å². The first-order valence-corrected chi connectivity index (χ1v) is 4.21. The van der Waals surface area contributed by atoms with Crippen LogP contribution < -0.4 is 5.73 Å². The highest BCUT2D eigenvalue weighted by molar-refractivity contribution is 9.10. The fraction of sp³-hybridized carbons (Fsp3) is 0.250. The second-order valence-electron chi connectivity index (χ2n) is 2.40. The van der Waals surface area contributed by atoms with Crippen LogP contribution in [0.25, 0.3) is 0 Å². The molecule has 5 heteroatoms. The number of nitrogens with two attached hydrogens (primary N) is 1. The molecule has 1 aromatic rings. The molecule has 1 atom stereocenters. The molecule has 0 heterocycles. The Bertz CT molecular complexity index is 283. The Morgan fingerprint density at radius 3 is 2.62 bits per heavy atom. The summed E-state index contributed by atoms with van der Waals surface area (Å²) in [6.07, 6.45) is 0. The lowest BCUT2D eigenvalue weighted by atomic mass is 10.1. The largest absolute Gasteiger partial charge is 0.322 e. The van der Waals surface area contributed by atoms with Crippen molar-refractivity contribution < 1.29 is 8.78 Å². The standard InChI is InChI=1S/C8H8BrF2N.ClH/c9-6-3-1-2-5(8(6)11)7(12)4-10;/h1-3,7H,4,12H2;1H/t7-;/m1./s1. The summed E-state index contributed by atoms with van der Waals surface area (Å²) in [6.45, 7) is -0.757. The third-order valence-electron chi connectivity index (χ3n) is 1.55. The van der Waals surface area contributed by atoms with Gasteiger partial charge in [-0.15, -0.1) is 12.4 Å². The Kier molecular flexibility index (Phi) is 5.44. The molecule has 0 aliphatic carbocycles. The van der Waals surface area contributed by atoms with Crippen molar-refractivity contribution >= 4 is 28.3 Å². The monoisotopic (exact) mass is 271 g/mol. The summed E-state index contributed by atoms with van der Waals surface area (Å²) in [5.41, 5.74) is 5.53. The first kappa shape index (κ1) is 12.8. The fourth-order valence-electron chi connectivity index (χ4n) is 0.890. The first-order chi connectivity index (χ1) is 5.66. The minimum atomic E-state index is -0.873. The molecule has 0 unspecified atom stereocenters. The molecule has 74 valence electrons. The van der Waals surface area contributed by atoms with Crippen molar-refractivity contribution in [2.24, 2.45) is 5.73 Å². The highest BCUT2D eigenvalue weighted by Gasteiger charge is 2.12. The summed E-state index contributed by atoms with van der Waals surface area (Å²) in [6, 6.07) is 3.77. The fourth-order valence-corrected chi connectivity index (χ4v) is 1.27. The molecule has 0 bridgehead atoms. The molecule has 0 saturated carbocycles. The lowest BCUT2D eigenvalue weighted by Crippen LogP contribution is -2.14.